The number of hydrogen-bond donors (Lipinski definition) is 1. The molecule has 1 aliphatic rings. The van der Waals surface area contributed by atoms with E-state index in [4.69, 9.17) is 17.0 Å². The molecule has 0 aliphatic carbocycles. The molecule has 0 fully saturated rings. The van der Waals surface area contributed by atoms with Crippen LogP contribution < -0.4 is 0 Å². The van der Waals surface area contributed by atoms with Crippen molar-refractivity contribution >= 4 is 12.2 Å². The molecule has 1 N–H and O–H groups in total. The molecule has 0 aromatic carbocycles. The molecule has 3 rings (SSSR count). The van der Waals surface area contributed by atoms with Crippen LogP contribution in [0.1, 0.15) is 23.7 Å². The van der Waals surface area contributed by atoms with E-state index in [1.165, 1.54) is 5.56 Å². The Morgan fingerprint density at radius 1 is 1.47 bits per heavy atom. The number of rotatable bonds is 2. The number of hydrogen-bond acceptors (Lipinski definition) is 4. The topological polar surface area (TPSA) is 50.8 Å². The number of aromatic amines is 1. The molecule has 0 saturated heterocycles. The summed E-state index contributed by atoms with van der Waals surface area (Å²) in [4.78, 5) is 12.1. The summed E-state index contributed by atoms with van der Waals surface area (Å²) >= 11 is 5.38. The van der Waals surface area contributed by atoms with Gasteiger partial charge in [-0.05, 0) is 18.1 Å². The highest BCUT2D eigenvalue weighted by atomic mass is 32.1. The second-order valence-electron chi connectivity index (χ2n) is 4.54. The number of H-pyrrole nitrogens is 1. The highest BCUT2D eigenvalue weighted by molar-refractivity contribution is 7.71. The molecule has 0 saturated carbocycles. The average molecular weight is 273 g/mol. The third kappa shape index (κ3) is 2.31. The van der Waals surface area contributed by atoms with Crippen LogP contribution in [0, 0.1) is 4.64 Å². The summed E-state index contributed by atoms with van der Waals surface area (Å²) in [5, 5.41) is 0. The monoisotopic (exact) mass is 273 g/mol. The Morgan fingerprint density at radius 2 is 2.37 bits per heavy atom. The van der Waals surface area contributed by atoms with Crippen LogP contribution in [0.15, 0.2) is 18.5 Å². The van der Waals surface area contributed by atoms with E-state index >= 15 is 0 Å². The molecule has 4 nitrogen and oxygen atoms in total. The van der Waals surface area contributed by atoms with Crippen molar-refractivity contribution in [3.63, 3.8) is 0 Å². The van der Waals surface area contributed by atoms with Gasteiger partial charge in [-0.3, -0.25) is 4.98 Å². The highest BCUT2D eigenvalue weighted by Gasteiger charge is 2.15. The van der Waals surface area contributed by atoms with E-state index in [0.717, 1.165) is 42.1 Å². The summed E-state index contributed by atoms with van der Waals surface area (Å²) in [5.74, 6) is 0.838. The maximum absolute atomic E-state index is 5.43. The Labute approximate surface area is 116 Å². The molecule has 1 aliphatic heterocycles. The zero-order chi connectivity index (χ0) is 13.2. The van der Waals surface area contributed by atoms with Crippen molar-refractivity contribution in [3.05, 3.63) is 39.9 Å². The van der Waals surface area contributed by atoms with Gasteiger partial charge in [0.05, 0.1) is 13.2 Å². The minimum absolute atomic E-state index is 0.564. The Kier molecular flexibility index (Phi) is 3.40. The van der Waals surface area contributed by atoms with E-state index in [0.29, 0.717) is 11.2 Å². The first-order valence-corrected chi connectivity index (χ1v) is 6.83. The van der Waals surface area contributed by atoms with Crippen molar-refractivity contribution < 1.29 is 4.74 Å². The van der Waals surface area contributed by atoms with Crippen LogP contribution in [-0.2, 0) is 24.2 Å². The van der Waals surface area contributed by atoms with Gasteiger partial charge in [0.25, 0.3) is 0 Å². The summed E-state index contributed by atoms with van der Waals surface area (Å²) in [5.41, 5.74) is 4.43. The Morgan fingerprint density at radius 3 is 3.21 bits per heavy atom. The molecule has 98 valence electrons. The van der Waals surface area contributed by atoms with Gasteiger partial charge in [-0.25, -0.2) is 4.98 Å². The third-order valence-electron chi connectivity index (χ3n) is 3.39. The predicted octanol–water partition coefficient (Wildman–Crippen LogP) is 2.84. The van der Waals surface area contributed by atoms with Crippen molar-refractivity contribution in [1.29, 1.82) is 0 Å². The number of aryl methyl sites for hydroxylation is 1. The highest BCUT2D eigenvalue weighted by Crippen LogP contribution is 2.23. The number of aromatic nitrogens is 3. The van der Waals surface area contributed by atoms with E-state index < -0.39 is 0 Å². The van der Waals surface area contributed by atoms with Crippen LogP contribution in [0.5, 0.6) is 0 Å². The van der Waals surface area contributed by atoms with E-state index in [2.05, 4.69) is 21.9 Å². The average Bonchev–Trinajstić information content (AvgIpc) is 2.47. The normalized spacial score (nSPS) is 14.2. The molecule has 19 heavy (non-hydrogen) atoms. The first-order chi connectivity index (χ1) is 9.29. The fourth-order valence-corrected chi connectivity index (χ4v) is 2.60. The molecular formula is C14H15N3OS. The molecular weight excluding hydrogens is 258 g/mol. The van der Waals surface area contributed by atoms with Gasteiger partial charge >= 0.3 is 0 Å². The minimum Gasteiger partial charge on any atom is -0.376 e. The lowest BCUT2D eigenvalue weighted by atomic mass is 10.1. The zero-order valence-corrected chi connectivity index (χ0v) is 11.6. The van der Waals surface area contributed by atoms with Gasteiger partial charge in [0.2, 0.25) is 0 Å². The van der Waals surface area contributed by atoms with Gasteiger partial charge in [-0.1, -0.05) is 19.1 Å². The fraction of sp³-hybridized carbons (Fsp3) is 0.357. The van der Waals surface area contributed by atoms with Gasteiger partial charge in [-0.15, -0.1) is 0 Å². The van der Waals surface area contributed by atoms with Crippen LogP contribution in [0.25, 0.3) is 11.4 Å². The van der Waals surface area contributed by atoms with E-state index in [1.807, 2.05) is 12.3 Å². The van der Waals surface area contributed by atoms with Crippen LogP contribution in [0.2, 0.25) is 0 Å². The number of nitrogens with zero attached hydrogens (tertiary/aromatic N) is 2. The Hall–Kier alpha value is -1.59. The number of fused-ring (bicyclic) bond motifs is 1. The molecule has 0 bridgehead atoms. The number of ether oxygens (including phenoxy) is 1. The smallest absolute Gasteiger partial charge is 0.139 e. The molecule has 5 heteroatoms. The zero-order valence-electron chi connectivity index (χ0n) is 10.8. The molecule has 0 unspecified atom stereocenters. The molecule has 2 aromatic heterocycles. The van der Waals surface area contributed by atoms with Gasteiger partial charge in [0.1, 0.15) is 10.5 Å². The molecule has 0 spiro atoms. The summed E-state index contributed by atoms with van der Waals surface area (Å²) in [6, 6.07) is 1.98. The van der Waals surface area contributed by atoms with Gasteiger partial charge < -0.3 is 9.72 Å². The number of pyridine rings is 1. The third-order valence-corrected chi connectivity index (χ3v) is 3.73. The molecule has 0 amide bonds. The molecule has 2 aromatic rings. The van der Waals surface area contributed by atoms with Crippen LogP contribution >= 0.6 is 12.2 Å². The van der Waals surface area contributed by atoms with Crippen molar-refractivity contribution in [3.8, 4) is 11.4 Å². The van der Waals surface area contributed by atoms with E-state index in [-0.39, 0.29) is 0 Å². The lowest BCUT2D eigenvalue weighted by Crippen LogP contribution is -2.14. The van der Waals surface area contributed by atoms with Crippen molar-refractivity contribution in [2.75, 3.05) is 6.61 Å². The maximum Gasteiger partial charge on any atom is 0.139 e. The summed E-state index contributed by atoms with van der Waals surface area (Å²) in [7, 11) is 0. The summed E-state index contributed by atoms with van der Waals surface area (Å²) in [6.45, 7) is 3.41. The molecule has 0 atom stereocenters. The van der Waals surface area contributed by atoms with Crippen LogP contribution in [0.3, 0.4) is 0 Å². The van der Waals surface area contributed by atoms with E-state index in [9.17, 15) is 0 Å². The fourth-order valence-electron chi connectivity index (χ4n) is 2.32. The van der Waals surface area contributed by atoms with Crippen LogP contribution in [0.4, 0.5) is 0 Å². The standard InChI is InChI=1S/C14H15N3OS/c1-2-9-7-15-5-3-10(9)13-16-12-4-6-18-8-11(12)14(19)17-13/h3,5,7H,2,4,6,8H2,1H3,(H,16,17,19). The largest absolute Gasteiger partial charge is 0.376 e. The molecule has 3 heterocycles. The SMILES string of the molecule is CCc1cnccc1-c1nc(=S)c2c([nH]1)CCOC2. The van der Waals surface area contributed by atoms with E-state index in [1.54, 1.807) is 6.20 Å². The van der Waals surface area contributed by atoms with Crippen molar-refractivity contribution in [2.45, 2.75) is 26.4 Å². The minimum atomic E-state index is 0.564. The second-order valence-corrected chi connectivity index (χ2v) is 4.92. The first kappa shape index (κ1) is 12.4. The van der Waals surface area contributed by atoms with Gasteiger partial charge in [-0.2, -0.15) is 0 Å². The molecule has 0 radical (unpaired) electrons. The number of nitrogens with one attached hydrogen (secondary N) is 1. The maximum atomic E-state index is 5.43. The quantitative estimate of drug-likeness (QED) is 0.855. The van der Waals surface area contributed by atoms with Gasteiger partial charge in [0.15, 0.2) is 0 Å². The summed E-state index contributed by atoms with van der Waals surface area (Å²) in [6.07, 6.45) is 5.46. The Balaban J connectivity index is 2.16. The first-order valence-electron chi connectivity index (χ1n) is 6.42. The Bertz CT molecular complexity index is 666. The van der Waals surface area contributed by atoms with Gasteiger partial charge in [0, 0.05) is 35.6 Å². The predicted molar refractivity (Wildman–Crippen MR) is 75.4 cm³/mol. The summed E-state index contributed by atoms with van der Waals surface area (Å²) < 4.78 is 6.07. The second kappa shape index (κ2) is 5.19. The lowest BCUT2D eigenvalue weighted by Gasteiger charge is -2.17. The van der Waals surface area contributed by atoms with Crippen molar-refractivity contribution in [1.82, 2.24) is 15.0 Å². The van der Waals surface area contributed by atoms with Crippen molar-refractivity contribution in [2.24, 2.45) is 0 Å². The lowest BCUT2D eigenvalue weighted by molar-refractivity contribution is 0.108. The van der Waals surface area contributed by atoms with Crippen LogP contribution in [-0.4, -0.2) is 21.6 Å².